The van der Waals surface area contributed by atoms with Crippen LogP contribution < -0.4 is 10.5 Å². The molecule has 4 nitrogen and oxygen atoms in total. The minimum absolute atomic E-state index is 0.00940. The van der Waals surface area contributed by atoms with Gasteiger partial charge in [0, 0.05) is 18.7 Å². The molecule has 0 heterocycles. The van der Waals surface area contributed by atoms with Crippen LogP contribution >= 0.6 is 0 Å². The lowest BCUT2D eigenvalue weighted by Crippen LogP contribution is -2.36. The number of hydrogen-bond acceptors (Lipinski definition) is 3. The summed E-state index contributed by atoms with van der Waals surface area (Å²) < 4.78 is 5.10. The minimum atomic E-state index is -0.00940. The fourth-order valence-corrected chi connectivity index (χ4v) is 1.59. The number of nitrogens with two attached hydrogens (primary N) is 1. The van der Waals surface area contributed by atoms with E-state index in [2.05, 4.69) is 0 Å². The van der Waals surface area contributed by atoms with Crippen molar-refractivity contribution in [2.75, 3.05) is 20.7 Å². The average Bonchev–Trinajstić information content (AvgIpc) is 2.37. The summed E-state index contributed by atoms with van der Waals surface area (Å²) in [6, 6.07) is 7.30. The first-order chi connectivity index (χ1) is 8.10. The molecule has 0 aliphatic rings. The van der Waals surface area contributed by atoms with Crippen molar-refractivity contribution < 1.29 is 9.53 Å². The quantitative estimate of drug-likeness (QED) is 0.843. The van der Waals surface area contributed by atoms with Crippen LogP contribution in [0.15, 0.2) is 24.3 Å². The Labute approximate surface area is 102 Å². The number of carbonyl (C=O) groups is 1. The largest absolute Gasteiger partial charge is 0.497 e. The first-order valence-corrected chi connectivity index (χ1v) is 5.71. The highest BCUT2D eigenvalue weighted by Crippen LogP contribution is 2.15. The molecule has 1 aromatic carbocycles. The third-order valence-electron chi connectivity index (χ3n) is 2.88. The zero-order valence-corrected chi connectivity index (χ0v) is 10.6. The molecule has 94 valence electrons. The molecular weight excluding hydrogens is 216 g/mol. The van der Waals surface area contributed by atoms with Gasteiger partial charge in [0.05, 0.1) is 7.11 Å². The fraction of sp³-hybridized carbons (Fsp3) is 0.462. The molecule has 0 spiro atoms. The van der Waals surface area contributed by atoms with Gasteiger partial charge < -0.3 is 15.4 Å². The van der Waals surface area contributed by atoms with Crippen LogP contribution in [0.25, 0.3) is 0 Å². The molecule has 1 amide bonds. The van der Waals surface area contributed by atoms with Crippen molar-refractivity contribution >= 4 is 5.91 Å². The lowest BCUT2D eigenvalue weighted by atomic mass is 10.1. The second-order valence-corrected chi connectivity index (χ2v) is 4.07. The van der Waals surface area contributed by atoms with Crippen LogP contribution in [0.2, 0.25) is 0 Å². The number of rotatable bonds is 5. The molecule has 2 N–H and O–H groups in total. The normalized spacial score (nSPS) is 12.0. The number of benzene rings is 1. The molecule has 0 bridgehead atoms. The van der Waals surface area contributed by atoms with Gasteiger partial charge in [0.1, 0.15) is 5.75 Å². The summed E-state index contributed by atoms with van der Waals surface area (Å²) in [4.78, 5) is 13.9. The van der Waals surface area contributed by atoms with Crippen molar-refractivity contribution in [1.29, 1.82) is 0 Å². The Hall–Kier alpha value is -1.55. The molecule has 1 rings (SSSR count). The van der Waals surface area contributed by atoms with E-state index >= 15 is 0 Å². The summed E-state index contributed by atoms with van der Waals surface area (Å²) in [6.45, 7) is 2.57. The zero-order chi connectivity index (χ0) is 12.8. The Morgan fingerprint density at radius 1 is 1.53 bits per heavy atom. The second-order valence-electron chi connectivity index (χ2n) is 4.07. The third kappa shape index (κ3) is 3.46. The monoisotopic (exact) mass is 236 g/mol. The van der Waals surface area contributed by atoms with Crippen LogP contribution in [0.3, 0.4) is 0 Å². The second kappa shape index (κ2) is 6.25. The van der Waals surface area contributed by atoms with Crippen molar-refractivity contribution in [1.82, 2.24) is 4.90 Å². The molecule has 1 aromatic rings. The number of ether oxygens (including phenoxy) is 1. The first kappa shape index (κ1) is 13.5. The zero-order valence-electron chi connectivity index (χ0n) is 10.6. The minimum Gasteiger partial charge on any atom is -0.497 e. The molecule has 17 heavy (non-hydrogen) atoms. The summed E-state index contributed by atoms with van der Waals surface area (Å²) in [5.74, 6) is 0.681. The van der Waals surface area contributed by atoms with Gasteiger partial charge in [-0.1, -0.05) is 6.07 Å². The third-order valence-corrected chi connectivity index (χ3v) is 2.88. The molecule has 0 saturated heterocycles. The van der Waals surface area contributed by atoms with Crippen molar-refractivity contribution in [3.63, 3.8) is 0 Å². The van der Waals surface area contributed by atoms with E-state index in [1.165, 1.54) is 0 Å². The molecule has 0 aliphatic carbocycles. The summed E-state index contributed by atoms with van der Waals surface area (Å²) >= 11 is 0. The maximum atomic E-state index is 12.2. The van der Waals surface area contributed by atoms with Crippen LogP contribution in [0.4, 0.5) is 0 Å². The van der Waals surface area contributed by atoms with Gasteiger partial charge in [0.25, 0.3) is 5.91 Å². The molecule has 0 fully saturated rings. The summed E-state index contributed by atoms with van der Waals surface area (Å²) in [5, 5.41) is 0. The molecular formula is C13H20N2O2. The van der Waals surface area contributed by atoms with Crippen LogP contribution in [-0.4, -0.2) is 37.6 Å². The van der Waals surface area contributed by atoms with E-state index in [0.717, 1.165) is 6.42 Å². The number of nitrogens with zero attached hydrogens (tertiary/aromatic N) is 1. The van der Waals surface area contributed by atoms with E-state index in [1.54, 1.807) is 31.2 Å². The average molecular weight is 236 g/mol. The first-order valence-electron chi connectivity index (χ1n) is 5.71. The topological polar surface area (TPSA) is 55.6 Å². The molecule has 1 unspecified atom stereocenters. The van der Waals surface area contributed by atoms with Crippen molar-refractivity contribution in [3.05, 3.63) is 29.8 Å². The number of hydrogen-bond donors (Lipinski definition) is 1. The van der Waals surface area contributed by atoms with E-state index in [-0.39, 0.29) is 11.9 Å². The smallest absolute Gasteiger partial charge is 0.253 e. The van der Waals surface area contributed by atoms with E-state index < -0.39 is 0 Å². The van der Waals surface area contributed by atoms with E-state index in [9.17, 15) is 4.79 Å². The highest BCUT2D eigenvalue weighted by Gasteiger charge is 2.17. The molecule has 0 aliphatic heterocycles. The summed E-state index contributed by atoms with van der Waals surface area (Å²) in [7, 11) is 3.38. The van der Waals surface area contributed by atoms with E-state index in [0.29, 0.717) is 17.9 Å². The number of methoxy groups -OCH3 is 1. The van der Waals surface area contributed by atoms with Gasteiger partial charge in [-0.05, 0) is 38.1 Å². The molecule has 0 saturated carbocycles. The van der Waals surface area contributed by atoms with Gasteiger partial charge >= 0.3 is 0 Å². The van der Waals surface area contributed by atoms with Gasteiger partial charge in [-0.25, -0.2) is 0 Å². The fourth-order valence-electron chi connectivity index (χ4n) is 1.59. The summed E-state index contributed by atoms with van der Waals surface area (Å²) in [6.07, 6.45) is 0.798. The van der Waals surface area contributed by atoms with Crippen LogP contribution in [0.1, 0.15) is 23.7 Å². The van der Waals surface area contributed by atoms with Crippen molar-refractivity contribution in [2.45, 2.75) is 19.4 Å². The maximum absolute atomic E-state index is 12.2. The summed E-state index contributed by atoms with van der Waals surface area (Å²) in [5.41, 5.74) is 6.13. The van der Waals surface area contributed by atoms with Gasteiger partial charge in [-0.15, -0.1) is 0 Å². The standard InChI is InChI=1S/C13H20N2O2/c1-10(7-8-14)15(2)13(16)11-5-4-6-12(9-11)17-3/h4-6,9-10H,7-8,14H2,1-3H3. The number of carbonyl (C=O) groups excluding carboxylic acids is 1. The van der Waals surface area contributed by atoms with Crippen molar-refractivity contribution in [3.8, 4) is 5.75 Å². The molecule has 4 heteroatoms. The van der Waals surface area contributed by atoms with Gasteiger partial charge in [0.15, 0.2) is 0 Å². The van der Waals surface area contributed by atoms with Crippen LogP contribution in [-0.2, 0) is 0 Å². The van der Waals surface area contributed by atoms with Gasteiger partial charge in [0.2, 0.25) is 0 Å². The SMILES string of the molecule is COc1cccc(C(=O)N(C)C(C)CCN)c1. The Morgan fingerprint density at radius 3 is 2.82 bits per heavy atom. The highest BCUT2D eigenvalue weighted by molar-refractivity contribution is 5.94. The lowest BCUT2D eigenvalue weighted by molar-refractivity contribution is 0.0738. The molecule has 0 aromatic heterocycles. The molecule has 0 radical (unpaired) electrons. The van der Waals surface area contributed by atoms with Gasteiger partial charge in [-0.3, -0.25) is 4.79 Å². The Morgan fingerprint density at radius 2 is 2.24 bits per heavy atom. The predicted octanol–water partition coefficient (Wildman–Crippen LogP) is 1.50. The van der Waals surface area contributed by atoms with Crippen LogP contribution in [0, 0.1) is 0 Å². The van der Waals surface area contributed by atoms with E-state index in [1.807, 2.05) is 19.1 Å². The maximum Gasteiger partial charge on any atom is 0.253 e. The van der Waals surface area contributed by atoms with Crippen LogP contribution in [0.5, 0.6) is 5.75 Å². The Bertz CT molecular complexity index is 379. The molecule has 1 atom stereocenters. The highest BCUT2D eigenvalue weighted by atomic mass is 16.5. The predicted molar refractivity (Wildman–Crippen MR) is 68.2 cm³/mol. The van der Waals surface area contributed by atoms with Gasteiger partial charge in [-0.2, -0.15) is 0 Å². The number of amides is 1. The van der Waals surface area contributed by atoms with Crippen molar-refractivity contribution in [2.24, 2.45) is 5.73 Å². The lowest BCUT2D eigenvalue weighted by Gasteiger charge is -2.24. The Kier molecular flexibility index (Phi) is 4.97. The van der Waals surface area contributed by atoms with E-state index in [4.69, 9.17) is 10.5 Å². The Balaban J connectivity index is 2.80.